The number of nitrogens with one attached hydrogen (secondary N) is 1. The molecule has 19 heavy (non-hydrogen) atoms. The van der Waals surface area contributed by atoms with E-state index in [4.69, 9.17) is 10.5 Å². The number of hydrogen-bond donors (Lipinski definition) is 2. The molecule has 1 amide bonds. The highest BCUT2D eigenvalue weighted by molar-refractivity contribution is 5.80. The van der Waals surface area contributed by atoms with Crippen LogP contribution in [0.2, 0.25) is 0 Å². The lowest BCUT2D eigenvalue weighted by molar-refractivity contribution is -0.122. The number of carbonyl (C=O) groups excluding carboxylic acids is 1. The van der Waals surface area contributed by atoms with E-state index in [1.807, 2.05) is 38.4 Å². The largest absolute Gasteiger partial charge is 0.492 e. The van der Waals surface area contributed by atoms with Gasteiger partial charge < -0.3 is 20.7 Å². The average Bonchev–Trinajstić information content (AvgIpc) is 2.37. The van der Waals surface area contributed by atoms with E-state index in [9.17, 15) is 4.79 Å². The van der Waals surface area contributed by atoms with Gasteiger partial charge in [-0.15, -0.1) is 0 Å². The molecule has 0 spiro atoms. The standard InChI is InChI=1S/C14H23N3O2/c1-11(15)14(18)16-10-12-4-6-13(7-5-12)19-9-8-17(2)3/h4-7,11H,8-10,15H2,1-3H3,(H,16,18)/t11-/m1/s1. The van der Waals surface area contributed by atoms with Gasteiger partial charge in [0.25, 0.3) is 0 Å². The Morgan fingerprint density at radius 1 is 1.37 bits per heavy atom. The molecule has 0 aliphatic heterocycles. The second-order valence-corrected chi connectivity index (χ2v) is 4.80. The molecule has 1 rings (SSSR count). The van der Waals surface area contributed by atoms with Crippen LogP contribution in [0.4, 0.5) is 0 Å². The fraction of sp³-hybridized carbons (Fsp3) is 0.500. The molecule has 0 heterocycles. The summed E-state index contributed by atoms with van der Waals surface area (Å²) in [5.41, 5.74) is 6.49. The van der Waals surface area contributed by atoms with Crippen LogP contribution in [-0.4, -0.2) is 44.1 Å². The first-order chi connectivity index (χ1) is 8.99. The van der Waals surface area contributed by atoms with Crippen molar-refractivity contribution in [2.45, 2.75) is 19.5 Å². The lowest BCUT2D eigenvalue weighted by Gasteiger charge is -2.11. The molecule has 0 bridgehead atoms. The van der Waals surface area contributed by atoms with Gasteiger partial charge in [0.2, 0.25) is 5.91 Å². The van der Waals surface area contributed by atoms with Crippen LogP contribution >= 0.6 is 0 Å². The quantitative estimate of drug-likeness (QED) is 0.757. The van der Waals surface area contributed by atoms with E-state index < -0.39 is 6.04 Å². The summed E-state index contributed by atoms with van der Waals surface area (Å²) in [5.74, 6) is 0.690. The van der Waals surface area contributed by atoms with Gasteiger partial charge in [0.05, 0.1) is 6.04 Å². The Bertz CT molecular complexity index is 388. The summed E-state index contributed by atoms with van der Waals surface area (Å²) in [5, 5.41) is 2.76. The van der Waals surface area contributed by atoms with Gasteiger partial charge in [0.1, 0.15) is 12.4 Å². The van der Waals surface area contributed by atoms with Gasteiger partial charge >= 0.3 is 0 Å². The molecule has 0 aliphatic rings. The molecular weight excluding hydrogens is 242 g/mol. The lowest BCUT2D eigenvalue weighted by atomic mass is 10.2. The van der Waals surface area contributed by atoms with Crippen LogP contribution in [0, 0.1) is 0 Å². The predicted molar refractivity (Wildman–Crippen MR) is 76.0 cm³/mol. The molecule has 0 radical (unpaired) electrons. The summed E-state index contributed by atoms with van der Waals surface area (Å²) in [6.07, 6.45) is 0. The number of carbonyl (C=O) groups is 1. The maximum Gasteiger partial charge on any atom is 0.236 e. The van der Waals surface area contributed by atoms with Crippen LogP contribution in [-0.2, 0) is 11.3 Å². The highest BCUT2D eigenvalue weighted by Crippen LogP contribution is 2.11. The zero-order chi connectivity index (χ0) is 14.3. The molecule has 1 aromatic rings. The second-order valence-electron chi connectivity index (χ2n) is 4.80. The first kappa shape index (κ1) is 15.5. The summed E-state index contributed by atoms with van der Waals surface area (Å²) >= 11 is 0. The normalized spacial score (nSPS) is 12.3. The van der Waals surface area contributed by atoms with Gasteiger partial charge in [-0.2, -0.15) is 0 Å². The zero-order valence-corrected chi connectivity index (χ0v) is 11.8. The van der Waals surface area contributed by atoms with Crippen molar-refractivity contribution in [1.82, 2.24) is 10.2 Å². The minimum absolute atomic E-state index is 0.147. The van der Waals surface area contributed by atoms with Crippen molar-refractivity contribution in [1.29, 1.82) is 0 Å². The number of nitrogens with two attached hydrogens (primary N) is 1. The molecule has 0 aromatic heterocycles. The molecule has 0 fully saturated rings. The van der Waals surface area contributed by atoms with Crippen LogP contribution < -0.4 is 15.8 Å². The molecule has 106 valence electrons. The zero-order valence-electron chi connectivity index (χ0n) is 11.8. The monoisotopic (exact) mass is 265 g/mol. The van der Waals surface area contributed by atoms with E-state index >= 15 is 0 Å². The SMILES string of the molecule is C[C@@H](N)C(=O)NCc1ccc(OCCN(C)C)cc1. The van der Waals surface area contributed by atoms with Gasteiger partial charge in [-0.05, 0) is 38.7 Å². The van der Waals surface area contributed by atoms with Crippen LogP contribution in [0.25, 0.3) is 0 Å². The number of amides is 1. The van der Waals surface area contributed by atoms with Gasteiger partial charge in [-0.3, -0.25) is 4.79 Å². The Labute approximate surface area is 114 Å². The Kier molecular flexibility index (Phi) is 6.32. The summed E-state index contributed by atoms with van der Waals surface area (Å²) in [4.78, 5) is 13.4. The van der Waals surface area contributed by atoms with Crippen molar-refractivity contribution in [3.63, 3.8) is 0 Å². The van der Waals surface area contributed by atoms with E-state index in [0.717, 1.165) is 17.9 Å². The molecule has 5 nitrogen and oxygen atoms in total. The number of benzene rings is 1. The molecule has 5 heteroatoms. The molecule has 0 saturated carbocycles. The summed E-state index contributed by atoms with van der Waals surface area (Å²) in [6, 6.07) is 7.21. The van der Waals surface area contributed by atoms with E-state index in [1.165, 1.54) is 0 Å². The maximum absolute atomic E-state index is 11.3. The van der Waals surface area contributed by atoms with E-state index in [0.29, 0.717) is 13.2 Å². The Balaban J connectivity index is 2.37. The van der Waals surface area contributed by atoms with E-state index in [2.05, 4.69) is 10.2 Å². The first-order valence-corrected chi connectivity index (χ1v) is 6.39. The van der Waals surface area contributed by atoms with Crippen molar-refractivity contribution in [3.8, 4) is 5.75 Å². The van der Waals surface area contributed by atoms with Crippen LogP contribution in [0.1, 0.15) is 12.5 Å². The Morgan fingerprint density at radius 3 is 2.53 bits per heavy atom. The summed E-state index contributed by atoms with van der Waals surface area (Å²) < 4.78 is 5.59. The fourth-order valence-electron chi connectivity index (χ4n) is 1.40. The molecule has 1 atom stereocenters. The highest BCUT2D eigenvalue weighted by Gasteiger charge is 2.06. The van der Waals surface area contributed by atoms with E-state index in [1.54, 1.807) is 6.92 Å². The van der Waals surface area contributed by atoms with Crippen LogP contribution in [0.15, 0.2) is 24.3 Å². The second kappa shape index (κ2) is 7.76. The molecule has 3 N–H and O–H groups in total. The van der Waals surface area contributed by atoms with Gasteiger partial charge in [0, 0.05) is 13.1 Å². The predicted octanol–water partition coefficient (Wildman–Crippen LogP) is 0.590. The fourth-order valence-corrected chi connectivity index (χ4v) is 1.40. The van der Waals surface area contributed by atoms with Gasteiger partial charge in [0.15, 0.2) is 0 Å². The number of ether oxygens (including phenoxy) is 1. The summed E-state index contributed by atoms with van der Waals surface area (Å²) in [7, 11) is 4.02. The molecular formula is C14H23N3O2. The van der Waals surface area contributed by atoms with Crippen molar-refractivity contribution in [2.24, 2.45) is 5.73 Å². The number of hydrogen-bond acceptors (Lipinski definition) is 4. The van der Waals surface area contributed by atoms with E-state index in [-0.39, 0.29) is 5.91 Å². The maximum atomic E-state index is 11.3. The Hall–Kier alpha value is -1.59. The van der Waals surface area contributed by atoms with Crippen molar-refractivity contribution in [3.05, 3.63) is 29.8 Å². The third kappa shape index (κ3) is 6.22. The van der Waals surface area contributed by atoms with Crippen LogP contribution in [0.3, 0.4) is 0 Å². The topological polar surface area (TPSA) is 67.6 Å². The van der Waals surface area contributed by atoms with Crippen LogP contribution in [0.5, 0.6) is 5.75 Å². The van der Waals surface area contributed by atoms with Gasteiger partial charge in [-0.25, -0.2) is 0 Å². The van der Waals surface area contributed by atoms with Crippen molar-refractivity contribution >= 4 is 5.91 Å². The Morgan fingerprint density at radius 2 is 2.00 bits per heavy atom. The van der Waals surface area contributed by atoms with Crippen molar-refractivity contribution in [2.75, 3.05) is 27.2 Å². The summed E-state index contributed by atoms with van der Waals surface area (Å²) in [6.45, 7) is 3.69. The first-order valence-electron chi connectivity index (χ1n) is 6.39. The third-order valence-corrected chi connectivity index (χ3v) is 2.61. The minimum Gasteiger partial charge on any atom is -0.492 e. The number of rotatable bonds is 7. The van der Waals surface area contributed by atoms with Gasteiger partial charge in [-0.1, -0.05) is 12.1 Å². The lowest BCUT2D eigenvalue weighted by Crippen LogP contribution is -2.37. The minimum atomic E-state index is -0.478. The average molecular weight is 265 g/mol. The molecule has 0 saturated heterocycles. The highest BCUT2D eigenvalue weighted by atomic mass is 16.5. The molecule has 0 unspecified atom stereocenters. The number of likely N-dealkylation sites (N-methyl/N-ethyl adjacent to an activating group) is 1. The number of nitrogens with zero attached hydrogens (tertiary/aromatic N) is 1. The molecule has 1 aromatic carbocycles. The van der Waals surface area contributed by atoms with Crippen molar-refractivity contribution < 1.29 is 9.53 Å². The third-order valence-electron chi connectivity index (χ3n) is 2.61. The molecule has 0 aliphatic carbocycles. The smallest absolute Gasteiger partial charge is 0.236 e.